The van der Waals surface area contributed by atoms with E-state index in [1.807, 2.05) is 44.2 Å². The number of nitrogens with zero attached hydrogens (tertiary/aromatic N) is 2. The van der Waals surface area contributed by atoms with Crippen molar-refractivity contribution in [1.82, 2.24) is 15.1 Å². The van der Waals surface area contributed by atoms with Gasteiger partial charge in [0.25, 0.3) is 11.8 Å². The SMILES string of the molecule is CO[C@@H](C(=O)N1CCC2(CC1)C(=O)NC(=O)N2CC(C)C)c1ccccc1. The monoisotopic (exact) mass is 373 g/mol. The van der Waals surface area contributed by atoms with E-state index in [0.717, 1.165) is 5.56 Å². The van der Waals surface area contributed by atoms with Crippen molar-refractivity contribution in [2.75, 3.05) is 26.7 Å². The quantitative estimate of drug-likeness (QED) is 0.800. The van der Waals surface area contributed by atoms with Gasteiger partial charge in [0.15, 0.2) is 6.10 Å². The highest BCUT2D eigenvalue weighted by atomic mass is 16.5. The van der Waals surface area contributed by atoms with Crippen LogP contribution in [0.5, 0.6) is 0 Å². The number of hydrogen-bond acceptors (Lipinski definition) is 4. The molecule has 0 aromatic heterocycles. The highest BCUT2D eigenvalue weighted by Gasteiger charge is 2.54. The van der Waals surface area contributed by atoms with E-state index in [1.165, 1.54) is 7.11 Å². The average Bonchev–Trinajstić information content (AvgIpc) is 2.87. The van der Waals surface area contributed by atoms with Gasteiger partial charge < -0.3 is 14.5 Å². The van der Waals surface area contributed by atoms with Crippen molar-refractivity contribution < 1.29 is 19.1 Å². The number of methoxy groups -OCH3 is 1. The van der Waals surface area contributed by atoms with Crippen LogP contribution in [-0.2, 0) is 14.3 Å². The molecule has 1 aromatic rings. The number of carbonyl (C=O) groups excluding carboxylic acids is 3. The van der Waals surface area contributed by atoms with Gasteiger partial charge in [0.1, 0.15) is 5.54 Å². The van der Waals surface area contributed by atoms with E-state index in [2.05, 4.69) is 5.32 Å². The molecule has 1 atom stereocenters. The smallest absolute Gasteiger partial charge is 0.325 e. The lowest BCUT2D eigenvalue weighted by molar-refractivity contribution is -0.147. The predicted octanol–water partition coefficient (Wildman–Crippen LogP) is 1.94. The Morgan fingerprint density at radius 2 is 1.81 bits per heavy atom. The van der Waals surface area contributed by atoms with Crippen LogP contribution in [0.1, 0.15) is 38.4 Å². The number of hydrogen-bond donors (Lipinski definition) is 1. The highest BCUT2D eigenvalue weighted by Crippen LogP contribution is 2.35. The molecule has 0 saturated carbocycles. The second-order valence-corrected chi connectivity index (χ2v) is 7.65. The van der Waals surface area contributed by atoms with E-state index in [-0.39, 0.29) is 23.8 Å². The lowest BCUT2D eigenvalue weighted by atomic mass is 9.85. The molecule has 2 fully saturated rings. The van der Waals surface area contributed by atoms with Crippen molar-refractivity contribution in [3.63, 3.8) is 0 Å². The third-order valence-electron chi connectivity index (χ3n) is 5.42. The Balaban J connectivity index is 1.73. The van der Waals surface area contributed by atoms with Gasteiger partial charge in [0, 0.05) is 26.7 Å². The third kappa shape index (κ3) is 3.56. The molecule has 3 rings (SSSR count). The molecule has 1 N–H and O–H groups in total. The number of likely N-dealkylation sites (tertiary alicyclic amines) is 1. The van der Waals surface area contributed by atoms with Crippen molar-refractivity contribution in [2.45, 2.75) is 38.3 Å². The Bertz CT molecular complexity index is 711. The minimum atomic E-state index is -0.840. The van der Waals surface area contributed by atoms with E-state index >= 15 is 0 Å². The summed E-state index contributed by atoms with van der Waals surface area (Å²) in [6, 6.07) is 9.05. The van der Waals surface area contributed by atoms with Crippen LogP contribution in [0.2, 0.25) is 0 Å². The number of imide groups is 1. The standard InChI is InChI=1S/C20H27N3O4/c1-14(2)13-23-19(26)21-18(25)20(23)9-11-22(12-10-20)17(24)16(27-3)15-7-5-4-6-8-15/h4-8,14,16H,9-13H2,1-3H3,(H,21,25,26)/t16-/m1/s1. The molecular weight excluding hydrogens is 346 g/mol. The molecule has 146 valence electrons. The average molecular weight is 373 g/mol. The van der Waals surface area contributed by atoms with Crippen LogP contribution in [0.3, 0.4) is 0 Å². The molecule has 0 unspecified atom stereocenters. The highest BCUT2D eigenvalue weighted by molar-refractivity contribution is 6.07. The van der Waals surface area contributed by atoms with Gasteiger partial charge in [-0.15, -0.1) is 0 Å². The summed E-state index contributed by atoms with van der Waals surface area (Å²) in [6.07, 6.45) is 0.216. The third-order valence-corrected chi connectivity index (χ3v) is 5.42. The fourth-order valence-corrected chi connectivity index (χ4v) is 3.99. The van der Waals surface area contributed by atoms with E-state index < -0.39 is 11.6 Å². The molecule has 0 radical (unpaired) electrons. The summed E-state index contributed by atoms with van der Waals surface area (Å²) in [4.78, 5) is 41.1. The van der Waals surface area contributed by atoms with Crippen molar-refractivity contribution in [3.05, 3.63) is 35.9 Å². The zero-order valence-corrected chi connectivity index (χ0v) is 16.1. The molecule has 2 aliphatic rings. The second kappa shape index (κ2) is 7.68. The molecule has 27 heavy (non-hydrogen) atoms. The molecule has 4 amide bonds. The van der Waals surface area contributed by atoms with Crippen LogP contribution in [0, 0.1) is 5.92 Å². The van der Waals surface area contributed by atoms with Gasteiger partial charge in [0.2, 0.25) is 0 Å². The molecule has 0 bridgehead atoms. The van der Waals surface area contributed by atoms with Crippen LogP contribution in [0.15, 0.2) is 30.3 Å². The summed E-state index contributed by atoms with van der Waals surface area (Å²) in [6.45, 7) is 5.40. The zero-order valence-electron chi connectivity index (χ0n) is 16.1. The Morgan fingerprint density at radius 1 is 1.19 bits per heavy atom. The fraction of sp³-hybridized carbons (Fsp3) is 0.550. The summed E-state index contributed by atoms with van der Waals surface area (Å²) in [5.74, 6) is -0.0977. The van der Waals surface area contributed by atoms with Gasteiger partial charge >= 0.3 is 6.03 Å². The Hall–Kier alpha value is -2.41. The predicted molar refractivity (Wildman–Crippen MR) is 99.8 cm³/mol. The molecule has 1 spiro atoms. The van der Waals surface area contributed by atoms with E-state index in [4.69, 9.17) is 4.74 Å². The molecule has 2 saturated heterocycles. The second-order valence-electron chi connectivity index (χ2n) is 7.65. The van der Waals surface area contributed by atoms with E-state index in [1.54, 1.807) is 9.80 Å². The maximum Gasteiger partial charge on any atom is 0.325 e. The van der Waals surface area contributed by atoms with Crippen LogP contribution in [-0.4, -0.2) is 59.9 Å². The molecule has 7 heteroatoms. The molecule has 1 aromatic carbocycles. The fourth-order valence-electron chi connectivity index (χ4n) is 3.99. The molecule has 2 heterocycles. The number of urea groups is 1. The maximum absolute atomic E-state index is 13.0. The summed E-state index contributed by atoms with van der Waals surface area (Å²) in [7, 11) is 1.52. The number of amides is 4. The van der Waals surface area contributed by atoms with E-state index in [0.29, 0.717) is 32.5 Å². The Morgan fingerprint density at radius 3 is 2.37 bits per heavy atom. The maximum atomic E-state index is 13.0. The lowest BCUT2D eigenvalue weighted by Crippen LogP contribution is -2.58. The van der Waals surface area contributed by atoms with Gasteiger partial charge in [-0.05, 0) is 24.3 Å². The van der Waals surface area contributed by atoms with Crippen LogP contribution < -0.4 is 5.32 Å². The van der Waals surface area contributed by atoms with Crippen molar-refractivity contribution in [2.24, 2.45) is 5.92 Å². The minimum absolute atomic E-state index is 0.112. The number of carbonyl (C=O) groups is 3. The van der Waals surface area contributed by atoms with Crippen LogP contribution in [0.4, 0.5) is 4.79 Å². The first-order valence-corrected chi connectivity index (χ1v) is 9.38. The first kappa shape index (κ1) is 19.4. The summed E-state index contributed by atoms with van der Waals surface area (Å²) in [5, 5.41) is 2.46. The lowest BCUT2D eigenvalue weighted by Gasteiger charge is -2.43. The Kier molecular flexibility index (Phi) is 5.51. The van der Waals surface area contributed by atoms with Crippen molar-refractivity contribution >= 4 is 17.8 Å². The van der Waals surface area contributed by atoms with Gasteiger partial charge in [-0.2, -0.15) is 0 Å². The Labute approximate surface area is 159 Å². The number of rotatable bonds is 5. The number of piperidine rings is 1. The molecule has 0 aliphatic carbocycles. The minimum Gasteiger partial charge on any atom is -0.367 e. The van der Waals surface area contributed by atoms with Gasteiger partial charge in [0.05, 0.1) is 0 Å². The van der Waals surface area contributed by atoms with E-state index in [9.17, 15) is 14.4 Å². The zero-order chi connectivity index (χ0) is 19.6. The first-order chi connectivity index (χ1) is 12.9. The topological polar surface area (TPSA) is 79.0 Å². The summed E-state index contributed by atoms with van der Waals surface area (Å²) >= 11 is 0. The van der Waals surface area contributed by atoms with Gasteiger partial charge in [-0.3, -0.25) is 14.9 Å². The van der Waals surface area contributed by atoms with Crippen LogP contribution >= 0.6 is 0 Å². The molecule has 2 aliphatic heterocycles. The largest absolute Gasteiger partial charge is 0.367 e. The summed E-state index contributed by atoms with van der Waals surface area (Å²) in [5.41, 5.74) is -0.0338. The van der Waals surface area contributed by atoms with Gasteiger partial charge in [-0.25, -0.2) is 4.79 Å². The van der Waals surface area contributed by atoms with Gasteiger partial charge in [-0.1, -0.05) is 44.2 Å². The number of benzene rings is 1. The number of ether oxygens (including phenoxy) is 1. The first-order valence-electron chi connectivity index (χ1n) is 9.38. The number of nitrogens with one attached hydrogen (secondary N) is 1. The molecular formula is C20H27N3O4. The van der Waals surface area contributed by atoms with Crippen LogP contribution in [0.25, 0.3) is 0 Å². The van der Waals surface area contributed by atoms with Crippen molar-refractivity contribution in [1.29, 1.82) is 0 Å². The normalized spacial score (nSPS) is 20.3. The van der Waals surface area contributed by atoms with Crippen molar-refractivity contribution in [3.8, 4) is 0 Å². The summed E-state index contributed by atoms with van der Waals surface area (Å²) < 4.78 is 5.45. The molecule has 7 nitrogen and oxygen atoms in total.